The van der Waals surface area contributed by atoms with Gasteiger partial charge in [0.05, 0.1) is 30.2 Å². The van der Waals surface area contributed by atoms with Crippen molar-refractivity contribution in [3.63, 3.8) is 0 Å². The van der Waals surface area contributed by atoms with Gasteiger partial charge in [0.25, 0.3) is 0 Å². The van der Waals surface area contributed by atoms with Crippen LogP contribution in [0.5, 0.6) is 11.5 Å². The first-order valence-electron chi connectivity index (χ1n) is 12.4. The number of piperidine rings is 1. The first-order chi connectivity index (χ1) is 18.3. The van der Waals surface area contributed by atoms with E-state index < -0.39 is 23.2 Å². The molecule has 0 saturated carbocycles. The van der Waals surface area contributed by atoms with Gasteiger partial charge in [-0.15, -0.1) is 0 Å². The summed E-state index contributed by atoms with van der Waals surface area (Å²) in [6, 6.07) is 8.27. The number of rotatable bonds is 10. The fourth-order valence-corrected chi connectivity index (χ4v) is 5.28. The number of hydrogen-bond donors (Lipinski definition) is 0. The Hall–Kier alpha value is -3.04. The number of methoxy groups -OCH3 is 2. The standard InChI is InChI=1S/C28H30ClF3N2O4/c1-36-19-4-6-24-20(16-19)26(21(29)17-33-24)23(32)7-8-28(27(35)37-2)9-11-34(12-10-28)13-14-38-25-15-18(30)3-5-22(25)31/h3-6,15-17,23H,7-14H2,1-2H3. The Morgan fingerprint density at radius 2 is 1.92 bits per heavy atom. The molecule has 38 heavy (non-hydrogen) atoms. The predicted molar refractivity (Wildman–Crippen MR) is 138 cm³/mol. The molecule has 1 aromatic heterocycles. The van der Waals surface area contributed by atoms with Crippen LogP contribution in [0.1, 0.15) is 37.4 Å². The number of nitrogens with zero attached hydrogens (tertiary/aromatic N) is 2. The Morgan fingerprint density at radius 1 is 1.16 bits per heavy atom. The second-order valence-corrected chi connectivity index (χ2v) is 9.85. The van der Waals surface area contributed by atoms with E-state index >= 15 is 4.39 Å². The molecule has 6 nitrogen and oxygen atoms in total. The molecule has 0 amide bonds. The van der Waals surface area contributed by atoms with Crippen LogP contribution in [-0.4, -0.2) is 56.3 Å². The Bertz CT molecular complexity index is 1280. The van der Waals surface area contributed by atoms with Crippen LogP contribution in [0.2, 0.25) is 5.02 Å². The van der Waals surface area contributed by atoms with Crippen molar-refractivity contribution < 1.29 is 32.2 Å². The number of likely N-dealkylation sites (tertiary alicyclic amines) is 1. The van der Waals surface area contributed by atoms with Crippen LogP contribution in [0.4, 0.5) is 13.2 Å². The summed E-state index contributed by atoms with van der Waals surface area (Å²) in [5.74, 6) is -1.14. The third kappa shape index (κ3) is 6.15. The molecule has 1 fully saturated rings. The maximum absolute atomic E-state index is 15.7. The monoisotopic (exact) mass is 550 g/mol. The number of ether oxygens (including phenoxy) is 3. The quantitative estimate of drug-likeness (QED) is 0.276. The lowest BCUT2D eigenvalue weighted by Crippen LogP contribution is -2.46. The van der Waals surface area contributed by atoms with Crippen LogP contribution in [0.15, 0.2) is 42.6 Å². The van der Waals surface area contributed by atoms with Crippen molar-refractivity contribution >= 4 is 28.5 Å². The van der Waals surface area contributed by atoms with Crippen molar-refractivity contribution in [2.24, 2.45) is 5.41 Å². The van der Waals surface area contributed by atoms with Crippen molar-refractivity contribution in [1.29, 1.82) is 0 Å². The number of halogens is 4. The Kier molecular flexibility index (Phi) is 8.99. The van der Waals surface area contributed by atoms with Crippen LogP contribution in [0.3, 0.4) is 0 Å². The van der Waals surface area contributed by atoms with E-state index in [1.165, 1.54) is 20.4 Å². The Labute approximate surface area is 224 Å². The van der Waals surface area contributed by atoms with Gasteiger partial charge in [0.1, 0.15) is 24.3 Å². The van der Waals surface area contributed by atoms with Crippen LogP contribution in [-0.2, 0) is 9.53 Å². The molecular formula is C28H30ClF3N2O4. The van der Waals surface area contributed by atoms with Gasteiger partial charge >= 0.3 is 5.97 Å². The molecule has 3 aromatic rings. The number of pyridine rings is 1. The highest BCUT2D eigenvalue weighted by atomic mass is 35.5. The van der Waals surface area contributed by atoms with E-state index in [2.05, 4.69) is 9.88 Å². The zero-order valence-electron chi connectivity index (χ0n) is 21.3. The highest BCUT2D eigenvalue weighted by Crippen LogP contribution is 2.42. The van der Waals surface area contributed by atoms with Crippen LogP contribution < -0.4 is 9.47 Å². The fourth-order valence-electron chi connectivity index (χ4n) is 5.01. The molecule has 1 saturated heterocycles. The lowest BCUT2D eigenvalue weighted by atomic mass is 9.74. The summed E-state index contributed by atoms with van der Waals surface area (Å²) in [5.41, 5.74) is 0.0944. The van der Waals surface area contributed by atoms with E-state index in [9.17, 15) is 13.6 Å². The third-order valence-corrected chi connectivity index (χ3v) is 7.55. The molecule has 0 radical (unpaired) electrons. The summed E-state index contributed by atoms with van der Waals surface area (Å²) in [7, 11) is 2.87. The topological polar surface area (TPSA) is 60.9 Å². The third-order valence-electron chi connectivity index (χ3n) is 7.25. The van der Waals surface area contributed by atoms with Gasteiger partial charge < -0.3 is 14.2 Å². The molecule has 0 spiro atoms. The zero-order valence-corrected chi connectivity index (χ0v) is 22.1. The molecule has 2 heterocycles. The van der Waals surface area contributed by atoms with Gasteiger partial charge in [0.15, 0.2) is 11.6 Å². The lowest BCUT2D eigenvalue weighted by Gasteiger charge is -2.40. The summed E-state index contributed by atoms with van der Waals surface area (Å²) >= 11 is 6.37. The van der Waals surface area contributed by atoms with E-state index in [0.717, 1.165) is 18.2 Å². The van der Waals surface area contributed by atoms with E-state index in [4.69, 9.17) is 25.8 Å². The highest BCUT2D eigenvalue weighted by Gasteiger charge is 2.42. The van der Waals surface area contributed by atoms with E-state index in [1.807, 2.05) is 0 Å². The van der Waals surface area contributed by atoms with Crippen LogP contribution in [0, 0.1) is 17.0 Å². The Balaban J connectivity index is 1.40. The highest BCUT2D eigenvalue weighted by molar-refractivity contribution is 6.32. The summed E-state index contributed by atoms with van der Waals surface area (Å²) in [6.45, 7) is 1.74. The predicted octanol–water partition coefficient (Wildman–Crippen LogP) is 6.30. The van der Waals surface area contributed by atoms with Gasteiger partial charge in [-0.2, -0.15) is 0 Å². The smallest absolute Gasteiger partial charge is 0.311 e. The van der Waals surface area contributed by atoms with Gasteiger partial charge in [0.2, 0.25) is 0 Å². The maximum Gasteiger partial charge on any atom is 0.311 e. The molecule has 1 atom stereocenters. The second-order valence-electron chi connectivity index (χ2n) is 9.45. The number of hydrogen-bond acceptors (Lipinski definition) is 6. The average Bonchev–Trinajstić information content (AvgIpc) is 2.93. The molecule has 0 N–H and O–H groups in total. The molecule has 1 aliphatic heterocycles. The number of benzene rings is 2. The Morgan fingerprint density at radius 3 is 2.63 bits per heavy atom. The zero-order chi connectivity index (χ0) is 27.3. The second kappa shape index (κ2) is 12.2. The van der Waals surface area contributed by atoms with Crippen molar-refractivity contribution in [2.75, 3.05) is 40.5 Å². The fraction of sp³-hybridized carbons (Fsp3) is 0.429. The normalized spacial score (nSPS) is 16.3. The molecule has 204 valence electrons. The largest absolute Gasteiger partial charge is 0.497 e. The first-order valence-corrected chi connectivity index (χ1v) is 12.8. The van der Waals surface area contributed by atoms with E-state index in [1.54, 1.807) is 18.2 Å². The minimum absolute atomic E-state index is 0.0765. The molecule has 1 aliphatic rings. The van der Waals surface area contributed by atoms with Crippen molar-refractivity contribution in [3.05, 3.63) is 64.8 Å². The van der Waals surface area contributed by atoms with Gasteiger partial charge in [-0.05, 0) is 69.1 Å². The van der Waals surface area contributed by atoms with Crippen molar-refractivity contribution in [3.8, 4) is 11.5 Å². The number of aromatic nitrogens is 1. The molecule has 0 bridgehead atoms. The number of carbonyl (C=O) groups is 1. The van der Waals surface area contributed by atoms with Crippen LogP contribution in [0.25, 0.3) is 10.9 Å². The van der Waals surface area contributed by atoms with Crippen LogP contribution >= 0.6 is 11.6 Å². The average molecular weight is 551 g/mol. The summed E-state index contributed by atoms with van der Waals surface area (Å²) in [6.07, 6.45) is 1.31. The van der Waals surface area contributed by atoms with E-state index in [0.29, 0.717) is 54.7 Å². The molecule has 10 heteroatoms. The summed E-state index contributed by atoms with van der Waals surface area (Å²) in [5, 5.41) is 0.788. The SMILES string of the molecule is COC(=O)C1(CCC(F)c2c(Cl)cnc3ccc(OC)cc23)CCN(CCOc2cc(F)ccc2F)CC1. The van der Waals surface area contributed by atoms with Gasteiger partial charge in [-0.25, -0.2) is 13.2 Å². The summed E-state index contributed by atoms with van der Waals surface area (Å²) in [4.78, 5) is 19.2. The molecule has 2 aromatic carbocycles. The van der Waals surface area contributed by atoms with Crippen molar-refractivity contribution in [1.82, 2.24) is 9.88 Å². The van der Waals surface area contributed by atoms with Gasteiger partial charge in [0, 0.05) is 29.8 Å². The maximum atomic E-state index is 15.7. The summed E-state index contributed by atoms with van der Waals surface area (Å²) < 4.78 is 58.7. The number of fused-ring (bicyclic) bond motifs is 1. The first kappa shape index (κ1) is 28.0. The van der Waals surface area contributed by atoms with Crippen molar-refractivity contribution in [2.45, 2.75) is 31.9 Å². The van der Waals surface area contributed by atoms with E-state index in [-0.39, 0.29) is 36.2 Å². The molecule has 0 aliphatic carbocycles. The van der Waals surface area contributed by atoms with Gasteiger partial charge in [-0.1, -0.05) is 11.6 Å². The molecule has 1 unspecified atom stereocenters. The number of alkyl halides is 1. The number of esters is 1. The molecule has 4 rings (SSSR count). The molecular weight excluding hydrogens is 521 g/mol. The lowest BCUT2D eigenvalue weighted by molar-refractivity contribution is -0.157. The number of carbonyl (C=O) groups excluding carboxylic acids is 1. The minimum Gasteiger partial charge on any atom is -0.497 e. The minimum atomic E-state index is -1.42. The van der Waals surface area contributed by atoms with Gasteiger partial charge in [-0.3, -0.25) is 14.7 Å².